The number of rotatable bonds is 7. The highest BCUT2D eigenvalue weighted by Gasteiger charge is 2.17. The van der Waals surface area contributed by atoms with Crippen LogP contribution < -0.4 is 26.2 Å². The van der Waals surface area contributed by atoms with Crippen molar-refractivity contribution in [3.63, 3.8) is 0 Å². The first-order valence-corrected chi connectivity index (χ1v) is 12.3. The highest BCUT2D eigenvalue weighted by molar-refractivity contribution is 7.13. The average molecular weight is 533 g/mol. The third-order valence-electron chi connectivity index (χ3n) is 5.08. The number of nitrogens with zero attached hydrogens (tertiary/aromatic N) is 4. The fraction of sp³-hybridized carbons (Fsp3) is 0.160. The lowest BCUT2D eigenvalue weighted by atomic mass is 10.0. The maximum absolute atomic E-state index is 12.5. The number of aromatic nitrogens is 4. The molecule has 0 aliphatic rings. The zero-order chi connectivity index (χ0) is 27.1. The van der Waals surface area contributed by atoms with Crippen molar-refractivity contribution in [3.8, 4) is 39.0 Å². The van der Waals surface area contributed by atoms with Crippen LogP contribution in [0.4, 0.5) is 10.6 Å². The Labute approximate surface area is 221 Å². The molecule has 4 heterocycles. The largest absolute Gasteiger partial charge is 0.481 e. The minimum Gasteiger partial charge on any atom is -0.481 e. The molecule has 0 aliphatic carbocycles. The number of methoxy groups -OCH3 is 1. The Kier molecular flexibility index (Phi) is 8.18. The quantitative estimate of drug-likeness (QED) is 0.264. The third kappa shape index (κ3) is 6.25. The van der Waals surface area contributed by atoms with E-state index >= 15 is 0 Å². The van der Waals surface area contributed by atoms with Crippen molar-refractivity contribution in [1.29, 1.82) is 0 Å². The van der Waals surface area contributed by atoms with Crippen LogP contribution in [0.5, 0.6) is 5.88 Å². The minimum atomic E-state index is -0.529. The number of hydrogen-bond donors (Lipinski definition) is 4. The van der Waals surface area contributed by atoms with E-state index in [0.29, 0.717) is 51.3 Å². The summed E-state index contributed by atoms with van der Waals surface area (Å²) >= 11 is 1.38. The van der Waals surface area contributed by atoms with Gasteiger partial charge in [0.2, 0.25) is 11.8 Å². The second-order valence-corrected chi connectivity index (χ2v) is 8.66. The van der Waals surface area contributed by atoms with Crippen LogP contribution in [0.15, 0.2) is 54.3 Å². The fourth-order valence-electron chi connectivity index (χ4n) is 3.37. The summed E-state index contributed by atoms with van der Waals surface area (Å²) in [4.78, 5) is 53.5. The molecule has 4 aromatic rings. The summed E-state index contributed by atoms with van der Waals surface area (Å²) in [5.74, 6) is -0.151. The normalized spacial score (nSPS) is 10.4. The van der Waals surface area contributed by atoms with Crippen LogP contribution in [0.3, 0.4) is 0 Å². The van der Waals surface area contributed by atoms with E-state index in [0.717, 1.165) is 0 Å². The molecular weight excluding hydrogens is 508 g/mol. The molecule has 0 aliphatic heterocycles. The predicted molar refractivity (Wildman–Crippen MR) is 142 cm³/mol. The predicted octanol–water partition coefficient (Wildman–Crippen LogP) is 3.26. The number of carbonyl (C=O) groups excluding carboxylic acids is 3. The molecule has 4 N–H and O–H groups in total. The number of hydrogen-bond acceptors (Lipinski definition) is 9. The molecule has 0 fully saturated rings. The first-order chi connectivity index (χ1) is 18.4. The molecule has 0 spiro atoms. The second kappa shape index (κ2) is 11.9. The highest BCUT2D eigenvalue weighted by atomic mass is 32.1. The maximum Gasteiger partial charge on any atom is 0.320 e. The minimum absolute atomic E-state index is 0.229. The molecule has 4 rings (SSSR count). The third-order valence-corrected chi connectivity index (χ3v) is 5.95. The van der Waals surface area contributed by atoms with Crippen LogP contribution in [-0.4, -0.2) is 51.4 Å². The summed E-state index contributed by atoms with van der Waals surface area (Å²) in [6.07, 6.45) is 4.55. The molecular formula is C25H24N8O4S. The first kappa shape index (κ1) is 26.2. The molecule has 0 aromatic carbocycles. The Bertz CT molecular complexity index is 1490. The molecule has 0 radical (unpaired) electrons. The number of amides is 4. The number of nitrogens with one attached hydrogen (secondary N) is 4. The van der Waals surface area contributed by atoms with E-state index in [2.05, 4.69) is 36.4 Å². The Morgan fingerprint density at radius 1 is 1.00 bits per heavy atom. The topological polar surface area (TPSA) is 160 Å². The van der Waals surface area contributed by atoms with Gasteiger partial charge in [0.1, 0.15) is 16.5 Å². The lowest BCUT2D eigenvalue weighted by molar-refractivity contribution is -0.119. The van der Waals surface area contributed by atoms with Gasteiger partial charge in [-0.1, -0.05) is 6.07 Å². The monoisotopic (exact) mass is 532 g/mol. The Morgan fingerprint density at radius 3 is 2.61 bits per heavy atom. The van der Waals surface area contributed by atoms with Gasteiger partial charge < -0.3 is 10.1 Å². The van der Waals surface area contributed by atoms with Crippen LogP contribution in [0.25, 0.3) is 33.1 Å². The van der Waals surface area contributed by atoms with Crippen molar-refractivity contribution in [2.45, 2.75) is 13.8 Å². The second-order valence-electron chi connectivity index (χ2n) is 7.80. The Morgan fingerprint density at radius 2 is 1.84 bits per heavy atom. The standard InChI is InChI=1S/C25H24N8O4S/c1-4-27-25(36)31-21-9-17(24-30-20(13-38-24)19-6-5-7-22(29-19)37-3)18(12-28-21)15-8-16(11-26-10-15)23(35)33-32-14(2)34/h5-13H,4H2,1-3H3,(H,32,34)(H,33,35)(H2,27,28,31,36). The van der Waals surface area contributed by atoms with Crippen LogP contribution in [-0.2, 0) is 4.79 Å². The van der Waals surface area contributed by atoms with Gasteiger partial charge in [-0.2, -0.15) is 0 Å². The Balaban J connectivity index is 1.75. The van der Waals surface area contributed by atoms with Gasteiger partial charge >= 0.3 is 6.03 Å². The van der Waals surface area contributed by atoms with E-state index in [-0.39, 0.29) is 5.56 Å². The van der Waals surface area contributed by atoms with E-state index in [1.54, 1.807) is 37.7 Å². The zero-order valence-electron chi connectivity index (χ0n) is 20.7. The summed E-state index contributed by atoms with van der Waals surface area (Å²) in [5, 5.41) is 7.88. The maximum atomic E-state index is 12.5. The molecule has 4 amide bonds. The highest BCUT2D eigenvalue weighted by Crippen LogP contribution is 2.36. The smallest absolute Gasteiger partial charge is 0.320 e. The van der Waals surface area contributed by atoms with Gasteiger partial charge in [0, 0.05) is 60.2 Å². The Hall–Kier alpha value is -4.91. The molecule has 12 nitrogen and oxygen atoms in total. The molecule has 4 aromatic heterocycles. The summed E-state index contributed by atoms with van der Waals surface area (Å²) in [7, 11) is 1.55. The molecule has 0 unspecified atom stereocenters. The van der Waals surface area contributed by atoms with E-state index in [9.17, 15) is 14.4 Å². The van der Waals surface area contributed by atoms with Gasteiger partial charge in [-0.3, -0.25) is 30.7 Å². The molecule has 0 bridgehead atoms. The summed E-state index contributed by atoms with van der Waals surface area (Å²) < 4.78 is 5.23. The summed E-state index contributed by atoms with van der Waals surface area (Å²) in [6, 6.07) is 8.35. The molecule has 38 heavy (non-hydrogen) atoms. The van der Waals surface area contributed by atoms with Crippen LogP contribution >= 0.6 is 11.3 Å². The lowest BCUT2D eigenvalue weighted by Crippen LogP contribution is -2.40. The molecule has 0 atom stereocenters. The SMILES string of the molecule is CCNC(=O)Nc1cc(-c2nc(-c3cccc(OC)n3)cs2)c(-c2cncc(C(=O)NNC(C)=O)c2)cn1. The van der Waals surface area contributed by atoms with Gasteiger partial charge in [0.25, 0.3) is 5.91 Å². The number of ether oxygens (including phenoxy) is 1. The van der Waals surface area contributed by atoms with Crippen molar-refractivity contribution in [2.75, 3.05) is 19.0 Å². The summed E-state index contributed by atoms with van der Waals surface area (Å²) in [6.45, 7) is 3.55. The fourth-order valence-corrected chi connectivity index (χ4v) is 4.21. The zero-order valence-corrected chi connectivity index (χ0v) is 21.5. The van der Waals surface area contributed by atoms with Gasteiger partial charge in [0.15, 0.2) is 0 Å². The van der Waals surface area contributed by atoms with Crippen molar-refractivity contribution in [2.24, 2.45) is 0 Å². The first-order valence-electron chi connectivity index (χ1n) is 11.4. The van der Waals surface area contributed by atoms with E-state index in [4.69, 9.17) is 9.72 Å². The average Bonchev–Trinajstić information content (AvgIpc) is 3.42. The van der Waals surface area contributed by atoms with Gasteiger partial charge in [-0.15, -0.1) is 11.3 Å². The number of hydrazine groups is 1. The lowest BCUT2D eigenvalue weighted by Gasteiger charge is -2.12. The van der Waals surface area contributed by atoms with Crippen LogP contribution in [0, 0.1) is 0 Å². The number of carbonyl (C=O) groups is 3. The van der Waals surface area contributed by atoms with E-state index in [1.807, 2.05) is 24.4 Å². The van der Waals surface area contributed by atoms with E-state index in [1.165, 1.54) is 24.5 Å². The van der Waals surface area contributed by atoms with Crippen molar-refractivity contribution >= 4 is 35.0 Å². The molecule has 13 heteroatoms. The van der Waals surface area contributed by atoms with Crippen molar-refractivity contribution in [1.82, 2.24) is 36.1 Å². The number of thiazole rings is 1. The summed E-state index contributed by atoms with van der Waals surface area (Å²) in [5.41, 5.74) is 7.97. The number of pyridine rings is 3. The van der Waals surface area contributed by atoms with Crippen molar-refractivity contribution < 1.29 is 19.1 Å². The number of anilines is 1. The molecule has 0 saturated carbocycles. The van der Waals surface area contributed by atoms with Crippen LogP contribution in [0.1, 0.15) is 24.2 Å². The van der Waals surface area contributed by atoms with Gasteiger partial charge in [-0.05, 0) is 25.1 Å². The van der Waals surface area contributed by atoms with E-state index < -0.39 is 17.8 Å². The molecule has 194 valence electrons. The van der Waals surface area contributed by atoms with Crippen LogP contribution in [0.2, 0.25) is 0 Å². The van der Waals surface area contributed by atoms with Crippen molar-refractivity contribution in [3.05, 3.63) is 59.9 Å². The molecule has 0 saturated heterocycles. The number of urea groups is 1. The van der Waals surface area contributed by atoms with Gasteiger partial charge in [0.05, 0.1) is 18.4 Å². The van der Waals surface area contributed by atoms with Gasteiger partial charge in [-0.25, -0.2) is 19.7 Å².